The molecule has 20 heavy (non-hydrogen) atoms. The van der Waals surface area contributed by atoms with Crippen molar-refractivity contribution in [1.29, 1.82) is 0 Å². The lowest BCUT2D eigenvalue weighted by molar-refractivity contribution is 0.192. The predicted octanol–water partition coefficient (Wildman–Crippen LogP) is 4.72. The Balaban J connectivity index is 2.05. The minimum Gasteiger partial charge on any atom is -0.455 e. The Hall–Kier alpha value is -1.65. The first-order chi connectivity index (χ1) is 9.56. The molecular formula is C16H12BrFO2. The molecule has 0 saturated carbocycles. The lowest BCUT2D eigenvalue weighted by Gasteiger charge is -2.09. The van der Waals surface area contributed by atoms with E-state index in [0.29, 0.717) is 16.7 Å². The SMILES string of the molecule is Cc1ccc(C(O)c2cc3cccc(F)c3o2)cc1Br. The smallest absolute Gasteiger partial charge is 0.170 e. The number of aliphatic hydroxyl groups excluding tert-OH is 1. The maximum atomic E-state index is 13.6. The molecule has 4 heteroatoms. The highest BCUT2D eigenvalue weighted by Gasteiger charge is 2.17. The van der Waals surface area contributed by atoms with Gasteiger partial charge in [0.15, 0.2) is 11.4 Å². The molecule has 0 saturated heterocycles. The lowest BCUT2D eigenvalue weighted by atomic mass is 10.1. The summed E-state index contributed by atoms with van der Waals surface area (Å²) in [6.45, 7) is 1.97. The highest BCUT2D eigenvalue weighted by Crippen LogP contribution is 2.31. The average Bonchev–Trinajstić information content (AvgIpc) is 2.86. The first kappa shape index (κ1) is 13.3. The van der Waals surface area contributed by atoms with Crippen LogP contribution in [0.3, 0.4) is 0 Å². The summed E-state index contributed by atoms with van der Waals surface area (Å²) >= 11 is 3.43. The Labute approximate surface area is 124 Å². The van der Waals surface area contributed by atoms with Crippen LogP contribution in [-0.4, -0.2) is 5.11 Å². The third-order valence-corrected chi connectivity index (χ3v) is 4.15. The number of furan rings is 1. The normalized spacial score (nSPS) is 12.8. The molecule has 3 rings (SSSR count). The molecule has 1 aromatic heterocycles. The third-order valence-electron chi connectivity index (χ3n) is 3.30. The first-order valence-corrected chi connectivity index (χ1v) is 6.97. The number of fused-ring (bicyclic) bond motifs is 1. The third kappa shape index (κ3) is 2.25. The maximum absolute atomic E-state index is 13.6. The second kappa shape index (κ2) is 5.04. The fourth-order valence-corrected chi connectivity index (χ4v) is 2.52. The Bertz CT molecular complexity index is 779. The highest BCUT2D eigenvalue weighted by molar-refractivity contribution is 9.10. The predicted molar refractivity (Wildman–Crippen MR) is 79.1 cm³/mol. The van der Waals surface area contributed by atoms with Crippen LogP contribution >= 0.6 is 15.9 Å². The molecule has 2 aromatic carbocycles. The van der Waals surface area contributed by atoms with Crippen LogP contribution in [0.5, 0.6) is 0 Å². The van der Waals surface area contributed by atoms with Crippen molar-refractivity contribution in [2.24, 2.45) is 0 Å². The number of hydrogen-bond acceptors (Lipinski definition) is 2. The van der Waals surface area contributed by atoms with Gasteiger partial charge in [-0.05, 0) is 36.2 Å². The monoisotopic (exact) mass is 334 g/mol. The van der Waals surface area contributed by atoms with Gasteiger partial charge in [-0.2, -0.15) is 0 Å². The number of aliphatic hydroxyl groups is 1. The molecule has 0 aliphatic rings. The van der Waals surface area contributed by atoms with E-state index in [4.69, 9.17) is 4.42 Å². The number of hydrogen-bond donors (Lipinski definition) is 1. The van der Waals surface area contributed by atoms with Crippen molar-refractivity contribution in [1.82, 2.24) is 0 Å². The van der Waals surface area contributed by atoms with Crippen molar-refractivity contribution in [3.63, 3.8) is 0 Å². The highest BCUT2D eigenvalue weighted by atomic mass is 79.9. The van der Waals surface area contributed by atoms with Gasteiger partial charge >= 0.3 is 0 Å². The van der Waals surface area contributed by atoms with Crippen LogP contribution in [0.2, 0.25) is 0 Å². The zero-order chi connectivity index (χ0) is 14.3. The minimum atomic E-state index is -0.918. The summed E-state index contributed by atoms with van der Waals surface area (Å²) in [7, 11) is 0. The Morgan fingerprint density at radius 1 is 1.20 bits per heavy atom. The molecule has 0 aliphatic heterocycles. The van der Waals surface area contributed by atoms with E-state index in [1.165, 1.54) is 6.07 Å². The van der Waals surface area contributed by atoms with Crippen LogP contribution in [0.1, 0.15) is 23.0 Å². The van der Waals surface area contributed by atoms with E-state index >= 15 is 0 Å². The molecule has 0 amide bonds. The van der Waals surface area contributed by atoms with Crippen LogP contribution in [0.15, 0.2) is 51.4 Å². The van der Waals surface area contributed by atoms with Crippen LogP contribution in [0.4, 0.5) is 4.39 Å². The molecule has 1 unspecified atom stereocenters. The molecular weight excluding hydrogens is 323 g/mol. The van der Waals surface area contributed by atoms with Crippen LogP contribution < -0.4 is 0 Å². The number of halogens is 2. The standard InChI is InChI=1S/C16H12BrFO2/c1-9-5-6-10(7-12(9)17)15(19)14-8-11-3-2-4-13(18)16(11)20-14/h2-8,15,19H,1H3. The van der Waals surface area contributed by atoms with Crippen LogP contribution in [0.25, 0.3) is 11.0 Å². The number of aryl methyl sites for hydroxylation is 1. The molecule has 0 spiro atoms. The van der Waals surface area contributed by atoms with Gasteiger partial charge in [-0.15, -0.1) is 0 Å². The van der Waals surface area contributed by atoms with Gasteiger partial charge in [0.05, 0.1) is 0 Å². The number of benzene rings is 2. The van der Waals surface area contributed by atoms with E-state index in [1.807, 2.05) is 25.1 Å². The zero-order valence-corrected chi connectivity index (χ0v) is 12.3. The Morgan fingerprint density at radius 2 is 2.00 bits per heavy atom. The summed E-state index contributed by atoms with van der Waals surface area (Å²) in [5.41, 5.74) is 1.95. The summed E-state index contributed by atoms with van der Waals surface area (Å²) in [4.78, 5) is 0. The molecule has 1 atom stereocenters. The molecule has 1 N–H and O–H groups in total. The van der Waals surface area contributed by atoms with Gasteiger partial charge in [0.2, 0.25) is 0 Å². The fourth-order valence-electron chi connectivity index (χ4n) is 2.13. The van der Waals surface area contributed by atoms with E-state index < -0.39 is 11.9 Å². The number of para-hydroxylation sites is 1. The van der Waals surface area contributed by atoms with Gasteiger partial charge in [0.1, 0.15) is 11.9 Å². The van der Waals surface area contributed by atoms with Crippen molar-refractivity contribution in [2.75, 3.05) is 0 Å². The Kier molecular flexibility index (Phi) is 3.36. The van der Waals surface area contributed by atoms with Crippen molar-refractivity contribution >= 4 is 26.9 Å². The van der Waals surface area contributed by atoms with E-state index in [2.05, 4.69) is 15.9 Å². The molecule has 3 aromatic rings. The average molecular weight is 335 g/mol. The van der Waals surface area contributed by atoms with E-state index in [1.54, 1.807) is 18.2 Å². The second-order valence-electron chi connectivity index (χ2n) is 4.72. The number of rotatable bonds is 2. The molecule has 2 nitrogen and oxygen atoms in total. The summed E-state index contributed by atoms with van der Waals surface area (Å²) < 4.78 is 20.0. The molecule has 0 radical (unpaired) electrons. The minimum absolute atomic E-state index is 0.174. The Morgan fingerprint density at radius 3 is 2.70 bits per heavy atom. The zero-order valence-electron chi connectivity index (χ0n) is 10.7. The molecule has 0 aliphatic carbocycles. The van der Waals surface area contributed by atoms with Crippen molar-refractivity contribution in [3.05, 3.63) is 69.6 Å². The molecule has 0 fully saturated rings. The summed E-state index contributed by atoms with van der Waals surface area (Å²) in [5, 5.41) is 11.0. The first-order valence-electron chi connectivity index (χ1n) is 6.18. The van der Waals surface area contributed by atoms with E-state index in [-0.39, 0.29) is 5.58 Å². The van der Waals surface area contributed by atoms with Crippen molar-refractivity contribution < 1.29 is 13.9 Å². The van der Waals surface area contributed by atoms with Crippen molar-refractivity contribution in [3.8, 4) is 0 Å². The summed E-state index contributed by atoms with van der Waals surface area (Å²) in [5.74, 6) is -0.0908. The fraction of sp³-hybridized carbons (Fsp3) is 0.125. The summed E-state index contributed by atoms with van der Waals surface area (Å²) in [6.07, 6.45) is -0.918. The second-order valence-corrected chi connectivity index (χ2v) is 5.57. The quantitative estimate of drug-likeness (QED) is 0.735. The lowest BCUT2D eigenvalue weighted by Crippen LogP contribution is -1.98. The van der Waals surface area contributed by atoms with Gasteiger partial charge < -0.3 is 9.52 Å². The largest absolute Gasteiger partial charge is 0.455 e. The van der Waals surface area contributed by atoms with E-state index in [0.717, 1.165) is 10.0 Å². The van der Waals surface area contributed by atoms with Crippen LogP contribution in [-0.2, 0) is 0 Å². The maximum Gasteiger partial charge on any atom is 0.170 e. The van der Waals surface area contributed by atoms with Crippen LogP contribution in [0, 0.1) is 12.7 Å². The summed E-state index contributed by atoms with van der Waals surface area (Å²) in [6, 6.07) is 11.9. The van der Waals surface area contributed by atoms with Gasteiger partial charge in [-0.1, -0.05) is 40.2 Å². The van der Waals surface area contributed by atoms with Gasteiger partial charge in [-0.3, -0.25) is 0 Å². The topological polar surface area (TPSA) is 33.4 Å². The van der Waals surface area contributed by atoms with E-state index in [9.17, 15) is 9.50 Å². The molecule has 0 bridgehead atoms. The van der Waals surface area contributed by atoms with Crippen molar-refractivity contribution in [2.45, 2.75) is 13.0 Å². The van der Waals surface area contributed by atoms with Gasteiger partial charge in [0, 0.05) is 9.86 Å². The molecule has 1 heterocycles. The van der Waals surface area contributed by atoms with Gasteiger partial charge in [-0.25, -0.2) is 4.39 Å². The van der Waals surface area contributed by atoms with Gasteiger partial charge in [0.25, 0.3) is 0 Å². The molecule has 102 valence electrons.